The first-order chi connectivity index (χ1) is 16.7. The number of benzene rings is 3. The van der Waals surface area contributed by atoms with Crippen molar-refractivity contribution in [3.8, 4) is 5.75 Å². The van der Waals surface area contributed by atoms with Crippen molar-refractivity contribution in [3.63, 3.8) is 0 Å². The van der Waals surface area contributed by atoms with Crippen molar-refractivity contribution in [1.82, 2.24) is 5.43 Å². The quantitative estimate of drug-likeness (QED) is 0.316. The molecule has 1 aliphatic heterocycles. The number of methoxy groups -OCH3 is 1. The first-order valence-corrected chi connectivity index (χ1v) is 11.5. The second-order valence-corrected chi connectivity index (χ2v) is 8.61. The molecule has 3 aromatic carbocycles. The van der Waals surface area contributed by atoms with Crippen LogP contribution in [0.4, 0.5) is 5.69 Å². The van der Waals surface area contributed by atoms with E-state index in [9.17, 15) is 9.59 Å². The zero-order valence-corrected chi connectivity index (χ0v) is 19.1. The highest BCUT2D eigenvalue weighted by Gasteiger charge is 2.51. The molecule has 2 N–H and O–H groups in total. The van der Waals surface area contributed by atoms with Crippen LogP contribution >= 0.6 is 11.3 Å². The maximum Gasteiger partial charge on any atom is 0.283 e. The van der Waals surface area contributed by atoms with Crippen LogP contribution in [-0.2, 0) is 10.2 Å². The van der Waals surface area contributed by atoms with E-state index in [4.69, 9.17) is 4.74 Å². The summed E-state index contributed by atoms with van der Waals surface area (Å²) in [5, 5.41) is 8.95. The highest BCUT2D eigenvalue weighted by molar-refractivity contribution is 7.13. The molecule has 0 bridgehead atoms. The third-order valence-corrected chi connectivity index (χ3v) is 6.88. The zero-order valence-electron chi connectivity index (χ0n) is 18.3. The van der Waals surface area contributed by atoms with Gasteiger partial charge in [0.2, 0.25) is 5.91 Å². The van der Waals surface area contributed by atoms with Crippen LogP contribution in [0.25, 0.3) is 0 Å². The lowest BCUT2D eigenvalue weighted by Crippen LogP contribution is -2.36. The molecule has 0 spiro atoms. The summed E-state index contributed by atoms with van der Waals surface area (Å²) in [7, 11) is 1.58. The lowest BCUT2D eigenvalue weighted by molar-refractivity contribution is -0.118. The molecule has 0 fully saturated rings. The Morgan fingerprint density at radius 3 is 2.24 bits per heavy atom. The van der Waals surface area contributed by atoms with Gasteiger partial charge in [0, 0.05) is 11.1 Å². The van der Waals surface area contributed by atoms with E-state index in [0.717, 1.165) is 22.3 Å². The zero-order chi connectivity index (χ0) is 23.5. The Morgan fingerprint density at radius 2 is 1.59 bits per heavy atom. The molecule has 6 nitrogen and oxygen atoms in total. The normalized spacial score (nSPS) is 14.0. The van der Waals surface area contributed by atoms with Gasteiger partial charge in [0.25, 0.3) is 5.91 Å². The molecule has 7 heteroatoms. The second kappa shape index (κ2) is 8.96. The molecule has 0 unspecified atom stereocenters. The first kappa shape index (κ1) is 21.6. The lowest BCUT2D eigenvalue weighted by atomic mass is 9.71. The number of anilines is 1. The average Bonchev–Trinajstić information content (AvgIpc) is 3.42. The minimum Gasteiger partial charge on any atom is -0.496 e. The van der Waals surface area contributed by atoms with Gasteiger partial charge in [-0.1, -0.05) is 72.8 Å². The molecule has 1 aliphatic rings. The summed E-state index contributed by atoms with van der Waals surface area (Å²) in [6, 6.07) is 26.6. The molecule has 2 amide bonds. The van der Waals surface area contributed by atoms with Crippen LogP contribution in [0.1, 0.15) is 31.9 Å². The fourth-order valence-corrected chi connectivity index (χ4v) is 5.32. The molecule has 5 rings (SSSR count). The van der Waals surface area contributed by atoms with Gasteiger partial charge in [0.15, 0.2) is 0 Å². The van der Waals surface area contributed by atoms with E-state index in [1.807, 2.05) is 90.3 Å². The summed E-state index contributed by atoms with van der Waals surface area (Å²) in [5.74, 6) is 0.0733. The number of carbonyl (C=O) groups excluding carboxylic acids is 2. The summed E-state index contributed by atoms with van der Waals surface area (Å²) in [6.07, 6.45) is 1.53. The van der Waals surface area contributed by atoms with Crippen molar-refractivity contribution in [3.05, 3.63) is 117 Å². The highest BCUT2D eigenvalue weighted by atomic mass is 32.1. The summed E-state index contributed by atoms with van der Waals surface area (Å²) in [4.78, 5) is 27.0. The first-order valence-electron chi connectivity index (χ1n) is 10.7. The second-order valence-electron chi connectivity index (χ2n) is 7.73. The number of hydrogen-bond donors (Lipinski definition) is 2. The number of amides is 2. The molecule has 0 radical (unpaired) electrons. The Morgan fingerprint density at radius 1 is 0.971 bits per heavy atom. The van der Waals surface area contributed by atoms with E-state index in [0.29, 0.717) is 16.3 Å². The van der Waals surface area contributed by atoms with Crippen molar-refractivity contribution < 1.29 is 14.3 Å². The van der Waals surface area contributed by atoms with E-state index in [-0.39, 0.29) is 5.91 Å². The molecular weight excluding hydrogens is 446 g/mol. The van der Waals surface area contributed by atoms with E-state index in [1.165, 1.54) is 17.6 Å². The number of thiophene rings is 1. The number of hydrazone groups is 1. The molecule has 4 aromatic rings. The maximum atomic E-state index is 13.6. The Hall–Kier alpha value is -4.23. The van der Waals surface area contributed by atoms with E-state index >= 15 is 0 Å². The molecule has 1 aromatic heterocycles. The topological polar surface area (TPSA) is 79.8 Å². The van der Waals surface area contributed by atoms with Crippen molar-refractivity contribution in [2.75, 3.05) is 12.4 Å². The Labute approximate surface area is 200 Å². The van der Waals surface area contributed by atoms with Crippen molar-refractivity contribution in [2.24, 2.45) is 5.10 Å². The minimum atomic E-state index is -1.03. The van der Waals surface area contributed by atoms with Crippen LogP contribution in [0.3, 0.4) is 0 Å². The SMILES string of the molecule is COc1ccccc1/C=N/NC(=O)c1scc2c1NC(=O)C2(c1ccccc1)c1ccccc1. The van der Waals surface area contributed by atoms with Crippen LogP contribution < -0.4 is 15.5 Å². The molecule has 0 atom stereocenters. The Balaban J connectivity index is 1.51. The largest absolute Gasteiger partial charge is 0.496 e. The molecule has 34 heavy (non-hydrogen) atoms. The number of rotatable bonds is 6. The third-order valence-electron chi connectivity index (χ3n) is 5.90. The Kier molecular flexibility index (Phi) is 5.69. The predicted octanol–water partition coefficient (Wildman–Crippen LogP) is 4.81. The number of fused-ring (bicyclic) bond motifs is 1. The van der Waals surface area contributed by atoms with Gasteiger partial charge >= 0.3 is 0 Å². The van der Waals surface area contributed by atoms with Gasteiger partial charge in [-0.25, -0.2) is 5.43 Å². The fraction of sp³-hybridized carbons (Fsp3) is 0.0741. The number of nitrogens with one attached hydrogen (secondary N) is 2. The molecular formula is C27H21N3O3S. The third kappa shape index (κ3) is 3.47. The van der Waals surface area contributed by atoms with E-state index in [2.05, 4.69) is 15.8 Å². The summed E-state index contributed by atoms with van der Waals surface area (Å²) in [5.41, 5.74) is 5.25. The lowest BCUT2D eigenvalue weighted by Gasteiger charge is -2.28. The molecule has 0 saturated carbocycles. The molecule has 168 valence electrons. The molecule has 0 aliphatic carbocycles. The van der Waals surface area contributed by atoms with Crippen molar-refractivity contribution in [1.29, 1.82) is 0 Å². The summed E-state index contributed by atoms with van der Waals surface area (Å²) >= 11 is 1.28. The molecule has 0 saturated heterocycles. The monoisotopic (exact) mass is 467 g/mol. The van der Waals surface area contributed by atoms with Gasteiger partial charge in [0.05, 0.1) is 19.0 Å². The van der Waals surface area contributed by atoms with Crippen LogP contribution in [0.15, 0.2) is 95.4 Å². The van der Waals surface area contributed by atoms with Gasteiger partial charge in [-0.3, -0.25) is 9.59 Å². The van der Waals surface area contributed by atoms with Gasteiger partial charge in [-0.2, -0.15) is 5.10 Å². The van der Waals surface area contributed by atoms with Gasteiger partial charge in [-0.15, -0.1) is 11.3 Å². The number of carbonyl (C=O) groups is 2. The molecule has 2 heterocycles. The van der Waals surface area contributed by atoms with Gasteiger partial charge < -0.3 is 10.1 Å². The summed E-state index contributed by atoms with van der Waals surface area (Å²) in [6.45, 7) is 0. The number of ether oxygens (including phenoxy) is 1. The number of para-hydroxylation sites is 1. The fourth-order valence-electron chi connectivity index (χ4n) is 4.36. The Bertz CT molecular complexity index is 1340. The van der Waals surface area contributed by atoms with Gasteiger partial charge in [-0.05, 0) is 28.6 Å². The average molecular weight is 468 g/mol. The predicted molar refractivity (Wildman–Crippen MR) is 134 cm³/mol. The smallest absolute Gasteiger partial charge is 0.283 e. The maximum absolute atomic E-state index is 13.6. The van der Waals surface area contributed by atoms with Crippen LogP contribution in [0, 0.1) is 0 Å². The number of hydrogen-bond acceptors (Lipinski definition) is 5. The highest BCUT2D eigenvalue weighted by Crippen LogP contribution is 2.50. The van der Waals surface area contributed by atoms with E-state index in [1.54, 1.807) is 7.11 Å². The van der Waals surface area contributed by atoms with Crippen LogP contribution in [0.5, 0.6) is 5.75 Å². The van der Waals surface area contributed by atoms with Crippen LogP contribution in [-0.4, -0.2) is 25.1 Å². The van der Waals surface area contributed by atoms with E-state index < -0.39 is 11.3 Å². The van der Waals surface area contributed by atoms with Crippen molar-refractivity contribution >= 4 is 35.1 Å². The minimum absolute atomic E-state index is 0.186. The standard InChI is InChI=1S/C27H21N3O3S/c1-33-22-15-9-8-10-18(22)16-28-30-25(31)24-23-21(17-34-24)27(26(32)29-23,19-11-4-2-5-12-19)20-13-6-3-7-14-20/h2-17H,1H3,(H,29,32)(H,30,31)/b28-16+. The number of nitrogens with zero attached hydrogens (tertiary/aromatic N) is 1. The van der Waals surface area contributed by atoms with Crippen molar-refractivity contribution in [2.45, 2.75) is 5.41 Å². The summed E-state index contributed by atoms with van der Waals surface area (Å²) < 4.78 is 5.31. The van der Waals surface area contributed by atoms with Crippen LogP contribution in [0.2, 0.25) is 0 Å². The van der Waals surface area contributed by atoms with Gasteiger partial charge in [0.1, 0.15) is 16.0 Å².